The van der Waals surface area contributed by atoms with Crippen molar-refractivity contribution in [1.29, 1.82) is 0 Å². The third-order valence-electron chi connectivity index (χ3n) is 3.73. The molecule has 18 heavy (non-hydrogen) atoms. The molecule has 3 nitrogen and oxygen atoms in total. The van der Waals surface area contributed by atoms with E-state index in [2.05, 4.69) is 36.5 Å². The van der Waals surface area contributed by atoms with Crippen LogP contribution in [0.2, 0.25) is 0 Å². The second-order valence-electron chi connectivity index (χ2n) is 5.50. The Bertz CT molecular complexity index is 347. The van der Waals surface area contributed by atoms with Gasteiger partial charge >= 0.3 is 0 Å². The van der Waals surface area contributed by atoms with E-state index in [4.69, 9.17) is 10.5 Å². The maximum Gasteiger partial charge on any atom is 0.0483 e. The molecule has 1 aliphatic rings. The quantitative estimate of drug-likeness (QED) is 0.834. The number of benzene rings is 1. The lowest BCUT2D eigenvalue weighted by molar-refractivity contribution is 0.0448. The van der Waals surface area contributed by atoms with Crippen LogP contribution in [0.5, 0.6) is 0 Å². The minimum absolute atomic E-state index is 0.173. The van der Waals surface area contributed by atoms with Gasteiger partial charge in [-0.25, -0.2) is 0 Å². The standard InChI is InChI=1S/C15H24N2O/c1-15(7-9-18-10-8-15)17-12-14(16)11-13-5-3-2-4-6-13/h2-6,14,17H,7-12,16H2,1H3. The first-order valence-electron chi connectivity index (χ1n) is 6.80. The van der Waals surface area contributed by atoms with E-state index in [0.29, 0.717) is 0 Å². The van der Waals surface area contributed by atoms with Crippen molar-refractivity contribution in [2.24, 2.45) is 5.73 Å². The summed E-state index contributed by atoms with van der Waals surface area (Å²) in [5.41, 5.74) is 7.70. The molecule has 0 radical (unpaired) electrons. The van der Waals surface area contributed by atoms with Crippen LogP contribution in [0.1, 0.15) is 25.3 Å². The van der Waals surface area contributed by atoms with Gasteiger partial charge in [0, 0.05) is 31.3 Å². The van der Waals surface area contributed by atoms with Gasteiger partial charge in [0.2, 0.25) is 0 Å². The predicted molar refractivity (Wildman–Crippen MR) is 74.6 cm³/mol. The first kappa shape index (κ1) is 13.5. The molecule has 1 atom stereocenters. The normalized spacial score (nSPS) is 20.6. The summed E-state index contributed by atoms with van der Waals surface area (Å²) in [5.74, 6) is 0. The molecule has 2 rings (SSSR count). The zero-order valence-corrected chi connectivity index (χ0v) is 11.2. The number of hydrogen-bond donors (Lipinski definition) is 2. The van der Waals surface area contributed by atoms with Crippen molar-refractivity contribution in [3.05, 3.63) is 35.9 Å². The van der Waals surface area contributed by atoms with Crippen LogP contribution >= 0.6 is 0 Å². The average molecular weight is 248 g/mol. The topological polar surface area (TPSA) is 47.3 Å². The molecule has 0 aromatic heterocycles. The molecule has 100 valence electrons. The SMILES string of the molecule is CC1(NCC(N)Cc2ccccc2)CCOCC1. The van der Waals surface area contributed by atoms with Crippen LogP contribution in [0.15, 0.2) is 30.3 Å². The van der Waals surface area contributed by atoms with Crippen LogP contribution in [0.4, 0.5) is 0 Å². The fourth-order valence-corrected chi connectivity index (χ4v) is 2.37. The molecule has 1 saturated heterocycles. The summed E-state index contributed by atoms with van der Waals surface area (Å²) in [6.45, 7) is 4.85. The van der Waals surface area contributed by atoms with E-state index >= 15 is 0 Å². The van der Waals surface area contributed by atoms with Crippen molar-refractivity contribution < 1.29 is 4.74 Å². The molecule has 1 heterocycles. The van der Waals surface area contributed by atoms with E-state index in [1.165, 1.54) is 5.56 Å². The average Bonchev–Trinajstić information content (AvgIpc) is 2.39. The lowest BCUT2D eigenvalue weighted by Gasteiger charge is -2.35. The van der Waals surface area contributed by atoms with Gasteiger partial charge in [-0.15, -0.1) is 0 Å². The second-order valence-corrected chi connectivity index (χ2v) is 5.50. The van der Waals surface area contributed by atoms with Crippen LogP contribution in [0.25, 0.3) is 0 Å². The lowest BCUT2D eigenvalue weighted by atomic mass is 9.92. The summed E-state index contributed by atoms with van der Waals surface area (Å²) >= 11 is 0. The molecule has 1 aliphatic heterocycles. The maximum absolute atomic E-state index is 6.19. The van der Waals surface area contributed by atoms with E-state index in [1.807, 2.05) is 6.07 Å². The van der Waals surface area contributed by atoms with E-state index in [0.717, 1.165) is 39.0 Å². The van der Waals surface area contributed by atoms with E-state index in [1.54, 1.807) is 0 Å². The minimum atomic E-state index is 0.173. The van der Waals surface area contributed by atoms with Crippen LogP contribution in [-0.2, 0) is 11.2 Å². The van der Waals surface area contributed by atoms with Gasteiger partial charge in [0.1, 0.15) is 0 Å². The Balaban J connectivity index is 1.76. The van der Waals surface area contributed by atoms with Crippen molar-refractivity contribution in [2.75, 3.05) is 19.8 Å². The van der Waals surface area contributed by atoms with Gasteiger partial charge in [0.25, 0.3) is 0 Å². The molecule has 1 fully saturated rings. The van der Waals surface area contributed by atoms with Gasteiger partial charge in [-0.3, -0.25) is 0 Å². The van der Waals surface area contributed by atoms with Crippen molar-refractivity contribution in [1.82, 2.24) is 5.32 Å². The van der Waals surface area contributed by atoms with E-state index < -0.39 is 0 Å². The Morgan fingerprint density at radius 1 is 1.28 bits per heavy atom. The summed E-state index contributed by atoms with van der Waals surface area (Å²) in [6, 6.07) is 10.6. The first-order valence-corrected chi connectivity index (χ1v) is 6.80. The summed E-state index contributed by atoms with van der Waals surface area (Å²) < 4.78 is 5.40. The number of nitrogens with two attached hydrogens (primary N) is 1. The molecule has 1 aromatic carbocycles. The third-order valence-corrected chi connectivity index (χ3v) is 3.73. The highest BCUT2D eigenvalue weighted by Gasteiger charge is 2.26. The molecule has 3 heteroatoms. The Morgan fingerprint density at radius 2 is 1.94 bits per heavy atom. The maximum atomic E-state index is 6.19. The number of hydrogen-bond acceptors (Lipinski definition) is 3. The van der Waals surface area contributed by atoms with Gasteiger partial charge in [0.05, 0.1) is 0 Å². The predicted octanol–water partition coefficient (Wildman–Crippen LogP) is 1.72. The lowest BCUT2D eigenvalue weighted by Crippen LogP contribution is -2.51. The van der Waals surface area contributed by atoms with Gasteiger partial charge in [-0.1, -0.05) is 30.3 Å². The largest absolute Gasteiger partial charge is 0.381 e. The number of ether oxygens (including phenoxy) is 1. The monoisotopic (exact) mass is 248 g/mol. The Labute approximate surface area is 110 Å². The molecule has 0 spiro atoms. The highest BCUT2D eigenvalue weighted by atomic mass is 16.5. The van der Waals surface area contributed by atoms with Crippen molar-refractivity contribution in [2.45, 2.75) is 37.8 Å². The van der Waals surface area contributed by atoms with Crippen LogP contribution < -0.4 is 11.1 Å². The molecule has 0 bridgehead atoms. The zero-order valence-electron chi connectivity index (χ0n) is 11.2. The number of nitrogens with one attached hydrogen (secondary N) is 1. The molecular weight excluding hydrogens is 224 g/mol. The Morgan fingerprint density at radius 3 is 2.61 bits per heavy atom. The van der Waals surface area contributed by atoms with Gasteiger partial charge in [-0.2, -0.15) is 0 Å². The molecule has 1 aromatic rings. The van der Waals surface area contributed by atoms with Crippen LogP contribution in [0, 0.1) is 0 Å². The second kappa shape index (κ2) is 6.32. The first-order chi connectivity index (χ1) is 8.68. The molecule has 0 amide bonds. The van der Waals surface area contributed by atoms with Crippen molar-refractivity contribution in [3.8, 4) is 0 Å². The Hall–Kier alpha value is -0.900. The summed E-state index contributed by atoms with van der Waals surface area (Å²) in [4.78, 5) is 0. The molecule has 1 unspecified atom stereocenters. The van der Waals surface area contributed by atoms with E-state index in [-0.39, 0.29) is 11.6 Å². The smallest absolute Gasteiger partial charge is 0.0483 e. The van der Waals surface area contributed by atoms with Crippen LogP contribution in [0.3, 0.4) is 0 Å². The van der Waals surface area contributed by atoms with Crippen LogP contribution in [-0.4, -0.2) is 31.3 Å². The third kappa shape index (κ3) is 4.09. The summed E-state index contributed by atoms with van der Waals surface area (Å²) in [5, 5.41) is 3.61. The molecule has 0 aliphatic carbocycles. The molecule has 3 N–H and O–H groups in total. The van der Waals surface area contributed by atoms with Crippen molar-refractivity contribution in [3.63, 3.8) is 0 Å². The van der Waals surface area contributed by atoms with Gasteiger partial charge < -0.3 is 15.8 Å². The van der Waals surface area contributed by atoms with Gasteiger partial charge in [0.15, 0.2) is 0 Å². The molecular formula is C15H24N2O. The highest BCUT2D eigenvalue weighted by Crippen LogP contribution is 2.19. The number of rotatable bonds is 5. The fraction of sp³-hybridized carbons (Fsp3) is 0.600. The Kier molecular flexibility index (Phi) is 4.75. The highest BCUT2D eigenvalue weighted by molar-refractivity contribution is 5.15. The van der Waals surface area contributed by atoms with Crippen molar-refractivity contribution >= 4 is 0 Å². The fourth-order valence-electron chi connectivity index (χ4n) is 2.37. The summed E-state index contributed by atoms with van der Waals surface area (Å²) in [6.07, 6.45) is 3.08. The minimum Gasteiger partial charge on any atom is -0.381 e. The van der Waals surface area contributed by atoms with Gasteiger partial charge in [-0.05, 0) is 31.7 Å². The summed E-state index contributed by atoms with van der Waals surface area (Å²) in [7, 11) is 0. The molecule has 0 saturated carbocycles. The zero-order chi connectivity index (χ0) is 12.8. The van der Waals surface area contributed by atoms with E-state index in [9.17, 15) is 0 Å².